The molecule has 2 aromatic carbocycles. The Kier molecular flexibility index (Phi) is 7.61. The van der Waals surface area contributed by atoms with Crippen LogP contribution in [-0.4, -0.2) is 37.1 Å². The molecule has 0 spiro atoms. The van der Waals surface area contributed by atoms with E-state index in [-0.39, 0.29) is 24.3 Å². The van der Waals surface area contributed by atoms with Crippen molar-refractivity contribution in [3.05, 3.63) is 96.1 Å². The first-order chi connectivity index (χ1) is 14.0. The molecule has 0 atom stereocenters. The Balaban J connectivity index is 0.000000230. The minimum Gasteiger partial charge on any atom is -0.458 e. The Morgan fingerprint density at radius 1 is 0.759 bits per heavy atom. The third-order valence-electron chi connectivity index (χ3n) is 3.58. The molecule has 7 nitrogen and oxygen atoms in total. The standard InChI is InChI=1S/C14H14O4.C8H4O3/c1-3-9-17-13(15)11-7-5-6-8-12(11)14(16)18-10-4-2;9-7-5-3-1-2-4-6(5)8(10)11-7/h3-8H,1-2,9-10H2;1-4H. The summed E-state index contributed by atoms with van der Waals surface area (Å²) >= 11 is 0. The second-order valence-corrected chi connectivity index (χ2v) is 5.54. The van der Waals surface area contributed by atoms with Crippen molar-refractivity contribution in [2.75, 3.05) is 13.2 Å². The van der Waals surface area contributed by atoms with Crippen LogP contribution < -0.4 is 0 Å². The number of cyclic esters (lactones) is 2. The summed E-state index contributed by atoms with van der Waals surface area (Å²) in [5.41, 5.74) is 1.07. The van der Waals surface area contributed by atoms with E-state index >= 15 is 0 Å². The molecule has 1 aliphatic heterocycles. The predicted octanol–water partition coefficient (Wildman–Crippen LogP) is 3.37. The van der Waals surface area contributed by atoms with E-state index in [1.165, 1.54) is 24.3 Å². The van der Waals surface area contributed by atoms with Gasteiger partial charge in [-0.25, -0.2) is 19.2 Å². The first-order valence-electron chi connectivity index (χ1n) is 8.50. The first kappa shape index (κ1) is 21.3. The van der Waals surface area contributed by atoms with E-state index in [2.05, 4.69) is 17.9 Å². The van der Waals surface area contributed by atoms with Crippen LogP contribution in [-0.2, 0) is 14.2 Å². The lowest BCUT2D eigenvalue weighted by atomic mass is 10.1. The average molecular weight is 394 g/mol. The molecule has 7 heteroatoms. The maximum atomic E-state index is 11.7. The largest absolute Gasteiger partial charge is 0.458 e. The Bertz CT molecular complexity index is 883. The third-order valence-corrected chi connectivity index (χ3v) is 3.58. The van der Waals surface area contributed by atoms with Crippen LogP contribution in [0, 0.1) is 0 Å². The zero-order valence-corrected chi connectivity index (χ0v) is 15.5. The van der Waals surface area contributed by atoms with Crippen LogP contribution in [0.2, 0.25) is 0 Å². The number of esters is 4. The molecule has 2 aromatic rings. The highest BCUT2D eigenvalue weighted by molar-refractivity contribution is 6.14. The van der Waals surface area contributed by atoms with Crippen molar-refractivity contribution in [2.24, 2.45) is 0 Å². The summed E-state index contributed by atoms with van der Waals surface area (Å²) in [5.74, 6) is -2.27. The van der Waals surface area contributed by atoms with Gasteiger partial charge < -0.3 is 14.2 Å². The van der Waals surface area contributed by atoms with Crippen molar-refractivity contribution in [2.45, 2.75) is 0 Å². The molecule has 0 fully saturated rings. The highest BCUT2D eigenvalue weighted by Crippen LogP contribution is 2.18. The van der Waals surface area contributed by atoms with Crippen LogP contribution >= 0.6 is 0 Å². The van der Waals surface area contributed by atoms with Crippen molar-refractivity contribution in [1.82, 2.24) is 0 Å². The van der Waals surface area contributed by atoms with E-state index in [1.54, 1.807) is 36.4 Å². The summed E-state index contributed by atoms with van der Waals surface area (Å²) in [6, 6.07) is 12.8. The summed E-state index contributed by atoms with van der Waals surface area (Å²) in [6.07, 6.45) is 2.91. The quantitative estimate of drug-likeness (QED) is 0.321. The maximum absolute atomic E-state index is 11.7. The monoisotopic (exact) mass is 394 g/mol. The van der Waals surface area contributed by atoms with E-state index in [1.807, 2.05) is 0 Å². The van der Waals surface area contributed by atoms with Crippen LogP contribution in [0.1, 0.15) is 41.4 Å². The average Bonchev–Trinajstić information content (AvgIpc) is 3.04. The number of carbonyl (C=O) groups excluding carboxylic acids is 4. The number of hydrogen-bond donors (Lipinski definition) is 0. The molecule has 0 bridgehead atoms. The van der Waals surface area contributed by atoms with E-state index in [4.69, 9.17) is 9.47 Å². The Morgan fingerprint density at radius 2 is 1.14 bits per heavy atom. The molecule has 0 saturated carbocycles. The van der Waals surface area contributed by atoms with Crippen LogP contribution in [0.25, 0.3) is 0 Å². The fourth-order valence-corrected chi connectivity index (χ4v) is 2.30. The number of fused-ring (bicyclic) bond motifs is 1. The second-order valence-electron chi connectivity index (χ2n) is 5.54. The van der Waals surface area contributed by atoms with Gasteiger partial charge in [0.1, 0.15) is 13.2 Å². The molecule has 1 heterocycles. The van der Waals surface area contributed by atoms with Gasteiger partial charge in [-0.15, -0.1) is 0 Å². The van der Waals surface area contributed by atoms with Crippen LogP contribution in [0.3, 0.4) is 0 Å². The zero-order valence-electron chi connectivity index (χ0n) is 15.5. The van der Waals surface area contributed by atoms with Gasteiger partial charge in [-0.05, 0) is 24.3 Å². The number of carbonyl (C=O) groups is 4. The maximum Gasteiger partial charge on any atom is 0.346 e. The topological polar surface area (TPSA) is 96.0 Å². The Hall–Kier alpha value is -4.00. The fraction of sp³-hybridized carbons (Fsp3) is 0.0909. The molecule has 0 aliphatic carbocycles. The van der Waals surface area contributed by atoms with E-state index in [0.717, 1.165) is 0 Å². The van der Waals surface area contributed by atoms with E-state index in [0.29, 0.717) is 11.1 Å². The van der Waals surface area contributed by atoms with Gasteiger partial charge in [-0.1, -0.05) is 49.6 Å². The van der Waals surface area contributed by atoms with Crippen molar-refractivity contribution in [3.63, 3.8) is 0 Å². The van der Waals surface area contributed by atoms with Gasteiger partial charge >= 0.3 is 23.9 Å². The number of benzene rings is 2. The van der Waals surface area contributed by atoms with E-state index < -0.39 is 23.9 Å². The number of rotatable bonds is 6. The molecular formula is C22H18O7. The van der Waals surface area contributed by atoms with Crippen LogP contribution in [0.4, 0.5) is 0 Å². The van der Waals surface area contributed by atoms with Gasteiger partial charge in [-0.3, -0.25) is 0 Å². The minimum absolute atomic E-state index is 0.0921. The molecule has 29 heavy (non-hydrogen) atoms. The van der Waals surface area contributed by atoms with Gasteiger partial charge in [0.15, 0.2) is 0 Å². The molecule has 0 unspecified atom stereocenters. The molecule has 3 rings (SSSR count). The molecule has 0 aromatic heterocycles. The van der Waals surface area contributed by atoms with Crippen molar-refractivity contribution >= 4 is 23.9 Å². The minimum atomic E-state index is -0.582. The molecule has 0 radical (unpaired) electrons. The van der Waals surface area contributed by atoms with Crippen molar-refractivity contribution in [1.29, 1.82) is 0 Å². The second kappa shape index (κ2) is 10.4. The van der Waals surface area contributed by atoms with E-state index in [9.17, 15) is 19.2 Å². The summed E-state index contributed by atoms with van der Waals surface area (Å²) in [6.45, 7) is 7.07. The summed E-state index contributed by atoms with van der Waals surface area (Å²) in [7, 11) is 0. The SMILES string of the molecule is C=CCOC(=O)c1ccccc1C(=O)OCC=C.O=C1OC(=O)c2ccccc21. The lowest BCUT2D eigenvalue weighted by Gasteiger charge is -2.07. The van der Waals surface area contributed by atoms with Gasteiger partial charge in [-0.2, -0.15) is 0 Å². The third kappa shape index (κ3) is 5.49. The van der Waals surface area contributed by atoms with Crippen LogP contribution in [0.5, 0.6) is 0 Å². The number of hydrogen-bond acceptors (Lipinski definition) is 7. The van der Waals surface area contributed by atoms with Crippen molar-refractivity contribution in [3.8, 4) is 0 Å². The van der Waals surface area contributed by atoms with Gasteiger partial charge in [0.05, 0.1) is 22.3 Å². The normalized spacial score (nSPS) is 11.3. The molecule has 0 N–H and O–H groups in total. The smallest absolute Gasteiger partial charge is 0.346 e. The van der Waals surface area contributed by atoms with Crippen LogP contribution in [0.15, 0.2) is 73.8 Å². The molecule has 1 aliphatic rings. The fourth-order valence-electron chi connectivity index (χ4n) is 2.30. The Morgan fingerprint density at radius 3 is 1.52 bits per heavy atom. The molecule has 0 amide bonds. The lowest BCUT2D eigenvalue weighted by molar-refractivity contribution is 0.0441. The van der Waals surface area contributed by atoms with Gasteiger partial charge in [0.2, 0.25) is 0 Å². The number of ether oxygens (including phenoxy) is 3. The Labute approximate surface area is 167 Å². The summed E-state index contributed by atoms with van der Waals surface area (Å²) in [5, 5.41) is 0. The predicted molar refractivity (Wildman–Crippen MR) is 104 cm³/mol. The molecular weight excluding hydrogens is 376 g/mol. The summed E-state index contributed by atoms with van der Waals surface area (Å²) in [4.78, 5) is 45.1. The van der Waals surface area contributed by atoms with Gasteiger partial charge in [0, 0.05) is 0 Å². The van der Waals surface area contributed by atoms with Gasteiger partial charge in [0.25, 0.3) is 0 Å². The summed E-state index contributed by atoms with van der Waals surface area (Å²) < 4.78 is 14.1. The zero-order chi connectivity index (χ0) is 21.2. The van der Waals surface area contributed by atoms with Crippen molar-refractivity contribution < 1.29 is 33.4 Å². The first-order valence-corrected chi connectivity index (χ1v) is 8.50. The molecule has 0 saturated heterocycles. The lowest BCUT2D eigenvalue weighted by Crippen LogP contribution is -2.14. The molecule has 148 valence electrons. The highest BCUT2D eigenvalue weighted by atomic mass is 16.6. The highest BCUT2D eigenvalue weighted by Gasteiger charge is 2.28.